The molecule has 0 amide bonds. The van der Waals surface area contributed by atoms with Crippen LogP contribution < -0.4 is 5.32 Å². The van der Waals surface area contributed by atoms with Crippen LogP contribution in [0, 0.1) is 0 Å². The first-order valence-electron chi connectivity index (χ1n) is 7.48. The van der Waals surface area contributed by atoms with Crippen LogP contribution in [-0.2, 0) is 4.74 Å². The summed E-state index contributed by atoms with van der Waals surface area (Å²) in [7, 11) is 0. The van der Waals surface area contributed by atoms with Crippen molar-refractivity contribution in [2.24, 2.45) is 0 Å². The summed E-state index contributed by atoms with van der Waals surface area (Å²) >= 11 is 0. The molecule has 0 aliphatic carbocycles. The van der Waals surface area contributed by atoms with Crippen molar-refractivity contribution in [2.75, 3.05) is 59.0 Å². The molecule has 110 valence electrons. The zero-order chi connectivity index (χ0) is 13.2. The monoisotopic (exact) mass is 259 g/mol. The number of ether oxygens (including phenoxy) is 1. The van der Waals surface area contributed by atoms with E-state index in [-0.39, 0.29) is 1.43 Å². The van der Waals surface area contributed by atoms with Crippen molar-refractivity contribution < 1.29 is 6.16 Å². The summed E-state index contributed by atoms with van der Waals surface area (Å²) in [6.45, 7) is 16.5. The van der Waals surface area contributed by atoms with Gasteiger partial charge in [-0.2, -0.15) is 0 Å². The van der Waals surface area contributed by atoms with E-state index in [0.29, 0.717) is 6.04 Å². The molecule has 1 saturated heterocycles. The van der Waals surface area contributed by atoms with Gasteiger partial charge in [-0.05, 0) is 19.5 Å². The van der Waals surface area contributed by atoms with Crippen LogP contribution in [0.3, 0.4) is 0 Å². The van der Waals surface area contributed by atoms with E-state index in [9.17, 15) is 0 Å². The molecule has 0 bridgehead atoms. The molecule has 1 rings (SSSR count). The Hall–Kier alpha value is -0.160. The van der Waals surface area contributed by atoms with E-state index in [1.165, 1.54) is 32.7 Å². The lowest BCUT2D eigenvalue weighted by Gasteiger charge is -2.33. The lowest BCUT2D eigenvalue weighted by molar-refractivity contribution is 0.0760. The zero-order valence-electron chi connectivity index (χ0n) is 12.5. The van der Waals surface area contributed by atoms with Gasteiger partial charge in [0.25, 0.3) is 0 Å². The first-order chi connectivity index (χ1) is 8.72. The molecule has 1 N–H and O–H groups in total. The van der Waals surface area contributed by atoms with Crippen LogP contribution in [0.4, 0.5) is 0 Å². The summed E-state index contributed by atoms with van der Waals surface area (Å²) in [4.78, 5) is 5.02. The minimum Gasteiger partial charge on any atom is -0.380 e. The maximum atomic E-state index is 5.68. The number of hydrogen-bond donors (Lipinski definition) is 1. The van der Waals surface area contributed by atoms with Gasteiger partial charge in [-0.15, -0.1) is 0 Å². The van der Waals surface area contributed by atoms with E-state index in [2.05, 4.69) is 35.9 Å². The SMILES string of the molecule is CCN1CCN(CCOCCCNC(C)C)CC1.[HH]. The lowest BCUT2D eigenvalue weighted by Crippen LogP contribution is -2.47. The van der Waals surface area contributed by atoms with Crippen molar-refractivity contribution in [3.63, 3.8) is 0 Å². The predicted molar refractivity (Wildman–Crippen MR) is 79.2 cm³/mol. The van der Waals surface area contributed by atoms with E-state index >= 15 is 0 Å². The van der Waals surface area contributed by atoms with Crippen molar-refractivity contribution >= 4 is 0 Å². The molecular formula is C14H33N3O. The molecule has 4 nitrogen and oxygen atoms in total. The fourth-order valence-electron chi connectivity index (χ4n) is 2.19. The van der Waals surface area contributed by atoms with Crippen molar-refractivity contribution in [3.8, 4) is 0 Å². The fraction of sp³-hybridized carbons (Fsp3) is 1.00. The second kappa shape index (κ2) is 9.73. The molecule has 0 unspecified atom stereocenters. The first-order valence-corrected chi connectivity index (χ1v) is 7.48. The lowest BCUT2D eigenvalue weighted by atomic mass is 10.3. The molecule has 1 aliphatic heterocycles. The summed E-state index contributed by atoms with van der Waals surface area (Å²) in [5.74, 6) is 0. The molecule has 1 aliphatic rings. The molecule has 0 aromatic rings. The van der Waals surface area contributed by atoms with E-state index in [1.807, 2.05) is 0 Å². The van der Waals surface area contributed by atoms with Crippen LogP contribution in [0.5, 0.6) is 0 Å². The van der Waals surface area contributed by atoms with Crippen LogP contribution in [0.25, 0.3) is 0 Å². The Morgan fingerprint density at radius 3 is 2.39 bits per heavy atom. The smallest absolute Gasteiger partial charge is 0.0593 e. The number of rotatable bonds is 9. The normalized spacial score (nSPS) is 18.7. The largest absolute Gasteiger partial charge is 0.380 e. The standard InChI is InChI=1S/C14H31N3O.H2/c1-4-16-7-9-17(10-8-16)11-13-18-12-5-6-15-14(2)3;/h14-15H,4-13H2,1-3H3;1H. The maximum absolute atomic E-state index is 5.68. The van der Waals surface area contributed by atoms with E-state index in [1.54, 1.807) is 0 Å². The Bertz CT molecular complexity index is 197. The second-order valence-electron chi connectivity index (χ2n) is 5.35. The van der Waals surface area contributed by atoms with Gasteiger partial charge in [0.15, 0.2) is 0 Å². The summed E-state index contributed by atoms with van der Waals surface area (Å²) in [5, 5.41) is 3.40. The number of nitrogens with zero attached hydrogens (tertiary/aromatic N) is 2. The highest BCUT2D eigenvalue weighted by Crippen LogP contribution is 2.00. The van der Waals surface area contributed by atoms with Gasteiger partial charge < -0.3 is 15.0 Å². The van der Waals surface area contributed by atoms with Gasteiger partial charge in [0.05, 0.1) is 6.61 Å². The Kier molecular flexibility index (Phi) is 8.59. The average Bonchev–Trinajstić information content (AvgIpc) is 2.38. The minimum atomic E-state index is 0. The van der Waals surface area contributed by atoms with Crippen molar-refractivity contribution in [3.05, 3.63) is 0 Å². The third-order valence-electron chi connectivity index (χ3n) is 3.48. The molecule has 0 aromatic carbocycles. The molecular weight excluding hydrogens is 226 g/mol. The van der Waals surface area contributed by atoms with Gasteiger partial charge in [0.2, 0.25) is 0 Å². The van der Waals surface area contributed by atoms with Crippen LogP contribution >= 0.6 is 0 Å². The minimum absolute atomic E-state index is 0. The van der Waals surface area contributed by atoms with Gasteiger partial charge in [0, 0.05) is 46.8 Å². The number of piperazine rings is 1. The van der Waals surface area contributed by atoms with E-state index in [0.717, 1.165) is 32.7 Å². The summed E-state index contributed by atoms with van der Waals surface area (Å²) < 4.78 is 5.68. The number of nitrogens with one attached hydrogen (secondary N) is 1. The molecule has 0 spiro atoms. The highest BCUT2D eigenvalue weighted by atomic mass is 16.5. The van der Waals surface area contributed by atoms with Gasteiger partial charge in [-0.1, -0.05) is 20.8 Å². The van der Waals surface area contributed by atoms with E-state index < -0.39 is 0 Å². The maximum Gasteiger partial charge on any atom is 0.0593 e. The summed E-state index contributed by atoms with van der Waals surface area (Å²) in [6, 6.07) is 0.583. The molecule has 18 heavy (non-hydrogen) atoms. The first kappa shape index (κ1) is 15.9. The quantitative estimate of drug-likeness (QED) is 0.631. The third-order valence-corrected chi connectivity index (χ3v) is 3.48. The number of likely N-dealkylation sites (N-methyl/N-ethyl adjacent to an activating group) is 1. The van der Waals surface area contributed by atoms with Crippen LogP contribution in [-0.4, -0.2) is 74.9 Å². The van der Waals surface area contributed by atoms with Crippen molar-refractivity contribution in [1.29, 1.82) is 0 Å². The van der Waals surface area contributed by atoms with Gasteiger partial charge >= 0.3 is 0 Å². The highest BCUT2D eigenvalue weighted by molar-refractivity contribution is 4.70. The topological polar surface area (TPSA) is 27.7 Å². The summed E-state index contributed by atoms with van der Waals surface area (Å²) in [6.07, 6.45) is 1.11. The van der Waals surface area contributed by atoms with Gasteiger partial charge in [-0.25, -0.2) is 0 Å². The average molecular weight is 259 g/mol. The van der Waals surface area contributed by atoms with Crippen LogP contribution in [0.1, 0.15) is 28.6 Å². The molecule has 1 fully saturated rings. The Labute approximate surface area is 114 Å². The molecule has 0 atom stereocenters. The molecule has 1 heterocycles. The molecule has 0 aromatic heterocycles. The third kappa shape index (κ3) is 7.31. The molecule has 0 radical (unpaired) electrons. The fourth-order valence-corrected chi connectivity index (χ4v) is 2.19. The van der Waals surface area contributed by atoms with Crippen molar-refractivity contribution in [2.45, 2.75) is 33.2 Å². The Balaban J connectivity index is 0.00000324. The second-order valence-corrected chi connectivity index (χ2v) is 5.35. The Morgan fingerprint density at radius 1 is 1.11 bits per heavy atom. The molecule has 4 heteroatoms. The van der Waals surface area contributed by atoms with Crippen LogP contribution in [0.2, 0.25) is 0 Å². The predicted octanol–water partition coefficient (Wildman–Crippen LogP) is 1.27. The van der Waals surface area contributed by atoms with Gasteiger partial charge in [0.1, 0.15) is 0 Å². The van der Waals surface area contributed by atoms with E-state index in [4.69, 9.17) is 4.74 Å². The zero-order valence-corrected chi connectivity index (χ0v) is 12.5. The molecule has 0 saturated carbocycles. The van der Waals surface area contributed by atoms with Crippen LogP contribution in [0.15, 0.2) is 0 Å². The van der Waals surface area contributed by atoms with Gasteiger partial charge in [-0.3, -0.25) is 4.90 Å². The van der Waals surface area contributed by atoms with Crippen molar-refractivity contribution in [1.82, 2.24) is 15.1 Å². The Morgan fingerprint density at radius 2 is 1.78 bits per heavy atom. The number of hydrogen-bond acceptors (Lipinski definition) is 4. The summed E-state index contributed by atoms with van der Waals surface area (Å²) in [5.41, 5.74) is 0. The highest BCUT2D eigenvalue weighted by Gasteiger charge is 2.14.